The molecule has 0 saturated carbocycles. The first-order valence-electron chi connectivity index (χ1n) is 8.14. The molecule has 2 aromatic carbocycles. The summed E-state index contributed by atoms with van der Waals surface area (Å²) in [5, 5.41) is 3.26. The molecule has 130 valence electrons. The molecule has 0 aromatic heterocycles. The highest BCUT2D eigenvalue weighted by Gasteiger charge is 2.28. The third-order valence-corrected chi connectivity index (χ3v) is 4.55. The summed E-state index contributed by atoms with van der Waals surface area (Å²) in [6.07, 6.45) is 1.15. The molecular weight excluding hydrogens is 343 g/mol. The number of halogens is 2. The van der Waals surface area contributed by atoms with Gasteiger partial charge in [-0.15, -0.1) is 0 Å². The van der Waals surface area contributed by atoms with Gasteiger partial charge in [-0.2, -0.15) is 0 Å². The second-order valence-electron chi connectivity index (χ2n) is 6.08. The molecule has 6 heteroatoms. The Balaban J connectivity index is 1.56. The van der Waals surface area contributed by atoms with Crippen LogP contribution in [0.25, 0.3) is 0 Å². The summed E-state index contributed by atoms with van der Waals surface area (Å²) >= 11 is 5.93. The van der Waals surface area contributed by atoms with Crippen molar-refractivity contribution in [3.8, 4) is 0 Å². The van der Waals surface area contributed by atoms with Gasteiger partial charge in [0.2, 0.25) is 5.91 Å². The Bertz CT molecular complexity index is 788. The van der Waals surface area contributed by atoms with Crippen LogP contribution in [0, 0.1) is 11.7 Å². The lowest BCUT2D eigenvalue weighted by Gasteiger charge is -2.31. The molecule has 1 aliphatic heterocycles. The van der Waals surface area contributed by atoms with Gasteiger partial charge in [0.25, 0.3) is 5.91 Å². The molecule has 1 fully saturated rings. The first kappa shape index (κ1) is 17.4. The van der Waals surface area contributed by atoms with E-state index in [-0.39, 0.29) is 23.5 Å². The number of carbonyl (C=O) groups excluding carboxylic acids is 2. The second kappa shape index (κ2) is 7.66. The average molecular weight is 361 g/mol. The molecule has 0 bridgehead atoms. The van der Waals surface area contributed by atoms with Gasteiger partial charge in [0.05, 0.1) is 0 Å². The molecule has 0 aliphatic carbocycles. The van der Waals surface area contributed by atoms with E-state index < -0.39 is 0 Å². The van der Waals surface area contributed by atoms with E-state index in [2.05, 4.69) is 5.32 Å². The molecule has 1 heterocycles. The van der Waals surface area contributed by atoms with Crippen molar-refractivity contribution in [3.63, 3.8) is 0 Å². The number of carbonyl (C=O) groups is 2. The highest BCUT2D eigenvalue weighted by atomic mass is 35.5. The van der Waals surface area contributed by atoms with E-state index in [0.717, 1.165) is 0 Å². The molecule has 0 unspecified atom stereocenters. The Morgan fingerprint density at radius 2 is 1.80 bits per heavy atom. The lowest BCUT2D eigenvalue weighted by atomic mass is 9.95. The van der Waals surface area contributed by atoms with Crippen LogP contribution in [0.2, 0.25) is 5.02 Å². The van der Waals surface area contributed by atoms with Gasteiger partial charge < -0.3 is 10.2 Å². The summed E-state index contributed by atoms with van der Waals surface area (Å²) < 4.78 is 13.2. The van der Waals surface area contributed by atoms with Crippen LogP contribution in [0.3, 0.4) is 0 Å². The first-order chi connectivity index (χ1) is 12.0. The maximum absolute atomic E-state index is 13.2. The quantitative estimate of drug-likeness (QED) is 0.900. The van der Waals surface area contributed by atoms with E-state index in [9.17, 15) is 14.0 Å². The van der Waals surface area contributed by atoms with Crippen LogP contribution < -0.4 is 5.32 Å². The zero-order valence-electron chi connectivity index (χ0n) is 13.5. The maximum Gasteiger partial charge on any atom is 0.253 e. The summed E-state index contributed by atoms with van der Waals surface area (Å²) in [5.74, 6) is -0.793. The number of rotatable bonds is 3. The van der Waals surface area contributed by atoms with Crippen LogP contribution in [0.4, 0.5) is 10.1 Å². The van der Waals surface area contributed by atoms with Gasteiger partial charge in [-0.25, -0.2) is 4.39 Å². The number of hydrogen-bond donors (Lipinski definition) is 1. The molecule has 1 saturated heterocycles. The molecule has 25 heavy (non-hydrogen) atoms. The Hall–Kier alpha value is -2.40. The third kappa shape index (κ3) is 4.37. The van der Waals surface area contributed by atoms with Crippen molar-refractivity contribution in [1.82, 2.24) is 4.90 Å². The van der Waals surface area contributed by atoms with Gasteiger partial charge in [0.1, 0.15) is 5.82 Å². The minimum Gasteiger partial charge on any atom is -0.339 e. The summed E-state index contributed by atoms with van der Waals surface area (Å²) in [7, 11) is 0. The lowest BCUT2D eigenvalue weighted by molar-refractivity contribution is -0.121. The highest BCUT2D eigenvalue weighted by molar-refractivity contribution is 6.30. The van der Waals surface area contributed by atoms with Crippen molar-refractivity contribution in [2.75, 3.05) is 18.4 Å². The van der Waals surface area contributed by atoms with Gasteiger partial charge in [-0.05, 0) is 49.2 Å². The molecule has 0 spiro atoms. The fourth-order valence-corrected chi connectivity index (χ4v) is 3.15. The van der Waals surface area contributed by atoms with Crippen LogP contribution in [-0.2, 0) is 4.79 Å². The van der Waals surface area contributed by atoms with E-state index >= 15 is 0 Å². The number of nitrogens with one attached hydrogen (secondary N) is 1. The zero-order chi connectivity index (χ0) is 17.8. The summed E-state index contributed by atoms with van der Waals surface area (Å²) in [6.45, 7) is 1.01. The molecular formula is C19H18ClFN2O2. The van der Waals surface area contributed by atoms with Gasteiger partial charge >= 0.3 is 0 Å². The van der Waals surface area contributed by atoms with E-state index in [1.807, 2.05) is 0 Å². The second-order valence-corrected chi connectivity index (χ2v) is 6.51. The molecule has 1 N–H and O–H groups in total. The minimum absolute atomic E-state index is 0.0773. The number of likely N-dealkylation sites (tertiary alicyclic amines) is 1. The van der Waals surface area contributed by atoms with Crippen molar-refractivity contribution < 1.29 is 14.0 Å². The molecule has 3 rings (SSSR count). The molecule has 0 radical (unpaired) electrons. The predicted molar refractivity (Wildman–Crippen MR) is 95.1 cm³/mol. The molecule has 2 amide bonds. The van der Waals surface area contributed by atoms with Gasteiger partial charge in [-0.3, -0.25) is 9.59 Å². The normalized spacial score (nSPS) is 15.0. The third-order valence-electron chi connectivity index (χ3n) is 4.32. The molecule has 2 aromatic rings. The number of amides is 2. The van der Waals surface area contributed by atoms with Crippen molar-refractivity contribution in [2.45, 2.75) is 12.8 Å². The molecule has 4 nitrogen and oxygen atoms in total. The van der Waals surface area contributed by atoms with Crippen molar-refractivity contribution in [1.29, 1.82) is 0 Å². The number of anilines is 1. The topological polar surface area (TPSA) is 49.4 Å². The molecule has 0 atom stereocenters. The SMILES string of the molecule is O=C(Nc1cccc(F)c1)C1CCN(C(=O)c2cccc(Cl)c2)CC1. The Morgan fingerprint density at radius 3 is 2.48 bits per heavy atom. The summed E-state index contributed by atoms with van der Waals surface area (Å²) in [5.41, 5.74) is 0.998. The average Bonchev–Trinajstić information content (AvgIpc) is 2.61. The number of benzene rings is 2. The van der Waals surface area contributed by atoms with Gasteiger partial charge in [-0.1, -0.05) is 23.7 Å². The van der Waals surface area contributed by atoms with Crippen molar-refractivity contribution >= 4 is 29.1 Å². The fraction of sp³-hybridized carbons (Fsp3) is 0.263. The van der Waals surface area contributed by atoms with Gasteiger partial charge in [0.15, 0.2) is 0 Å². The predicted octanol–water partition coefficient (Wildman–Crippen LogP) is 3.97. The summed E-state index contributed by atoms with van der Waals surface area (Å²) in [4.78, 5) is 26.5. The van der Waals surface area contributed by atoms with E-state index in [0.29, 0.717) is 42.2 Å². The Morgan fingerprint density at radius 1 is 1.08 bits per heavy atom. The number of nitrogens with zero attached hydrogens (tertiary/aromatic N) is 1. The number of piperidine rings is 1. The highest BCUT2D eigenvalue weighted by Crippen LogP contribution is 2.22. The smallest absolute Gasteiger partial charge is 0.253 e. The van der Waals surface area contributed by atoms with Crippen molar-refractivity contribution in [2.24, 2.45) is 5.92 Å². The van der Waals surface area contributed by atoms with E-state index in [1.165, 1.54) is 12.1 Å². The zero-order valence-corrected chi connectivity index (χ0v) is 14.3. The Kier molecular flexibility index (Phi) is 5.34. The van der Waals surface area contributed by atoms with Crippen LogP contribution >= 0.6 is 11.6 Å². The van der Waals surface area contributed by atoms with Gasteiger partial charge in [0, 0.05) is 35.3 Å². The Labute approximate surface area is 150 Å². The number of hydrogen-bond acceptors (Lipinski definition) is 2. The monoisotopic (exact) mass is 360 g/mol. The van der Waals surface area contributed by atoms with Crippen LogP contribution in [0.1, 0.15) is 23.2 Å². The van der Waals surface area contributed by atoms with Crippen molar-refractivity contribution in [3.05, 3.63) is 64.9 Å². The molecule has 1 aliphatic rings. The van der Waals surface area contributed by atoms with Crippen LogP contribution in [-0.4, -0.2) is 29.8 Å². The van der Waals surface area contributed by atoms with Crippen LogP contribution in [0.5, 0.6) is 0 Å². The fourth-order valence-electron chi connectivity index (χ4n) is 2.96. The van der Waals surface area contributed by atoms with E-state index in [4.69, 9.17) is 11.6 Å². The summed E-state index contributed by atoms with van der Waals surface area (Å²) in [6, 6.07) is 12.7. The lowest BCUT2D eigenvalue weighted by Crippen LogP contribution is -2.41. The maximum atomic E-state index is 13.2. The first-order valence-corrected chi connectivity index (χ1v) is 8.52. The van der Waals surface area contributed by atoms with Crippen LogP contribution in [0.15, 0.2) is 48.5 Å². The largest absolute Gasteiger partial charge is 0.339 e. The van der Waals surface area contributed by atoms with E-state index in [1.54, 1.807) is 41.3 Å². The minimum atomic E-state index is -0.389. The standard InChI is InChI=1S/C19H18ClFN2O2/c20-15-4-1-3-14(11-15)19(25)23-9-7-13(8-10-23)18(24)22-17-6-2-5-16(21)12-17/h1-6,11-13H,7-10H2,(H,22,24).